The molecule has 10 heavy (non-hydrogen) atoms. The molecule has 0 spiro atoms. The Bertz CT molecular complexity index is 231. The summed E-state index contributed by atoms with van der Waals surface area (Å²) in [6.45, 7) is 0. The van der Waals surface area contributed by atoms with Gasteiger partial charge in [-0.1, -0.05) is 10.3 Å². The monoisotopic (exact) mass is 138 g/mol. The third kappa shape index (κ3) is 2.99. The Balaban J connectivity index is 4.11. The fourth-order valence-corrected chi connectivity index (χ4v) is 0.197. The minimum Gasteiger partial charge on any atom is -0.411 e. The van der Waals surface area contributed by atoms with Crippen LogP contribution >= 0.6 is 0 Å². The molecule has 0 aliphatic carbocycles. The van der Waals surface area contributed by atoms with Crippen molar-refractivity contribution in [3.8, 4) is 12.3 Å². The molecule has 1 N–H and O–H groups in total. The van der Waals surface area contributed by atoms with Crippen LogP contribution in [0.5, 0.6) is 0 Å². The van der Waals surface area contributed by atoms with E-state index in [0.29, 0.717) is 0 Å². The molecule has 0 heterocycles. The van der Waals surface area contributed by atoms with Crippen LogP contribution in [-0.4, -0.2) is 17.1 Å². The second-order valence-electron chi connectivity index (χ2n) is 1.02. The van der Waals surface area contributed by atoms with Gasteiger partial charge in [0, 0.05) is 0 Å². The molecule has 50 valence electrons. The predicted molar refractivity (Wildman–Crippen MR) is 30.0 cm³/mol. The van der Waals surface area contributed by atoms with Crippen molar-refractivity contribution in [2.45, 2.75) is 0 Å². The zero-order valence-electron chi connectivity index (χ0n) is 4.72. The van der Waals surface area contributed by atoms with Gasteiger partial charge in [0.2, 0.25) is 5.71 Å². The van der Waals surface area contributed by atoms with E-state index in [-0.39, 0.29) is 5.71 Å². The molecule has 0 saturated carbocycles. The molecule has 0 rings (SSSR count). The first-order valence-corrected chi connectivity index (χ1v) is 2.05. The second-order valence-corrected chi connectivity index (χ2v) is 1.02. The highest BCUT2D eigenvalue weighted by atomic mass is 16.6. The molecule has 6 nitrogen and oxygen atoms in total. The third-order valence-corrected chi connectivity index (χ3v) is 0.479. The molecule has 0 aromatic heterocycles. The molecule has 0 bridgehead atoms. The number of rotatable bonds is 2. The van der Waals surface area contributed by atoms with E-state index in [2.05, 4.69) is 15.1 Å². The number of hydrogen-bond acceptors (Lipinski definition) is 6. The lowest BCUT2D eigenvalue weighted by Gasteiger charge is -1.79. The van der Waals surface area contributed by atoms with Gasteiger partial charge in [-0.25, -0.2) is 0 Å². The summed E-state index contributed by atoms with van der Waals surface area (Å²) in [6.07, 6.45) is 1.96. The maximum atomic E-state index is 8.11. The van der Waals surface area contributed by atoms with Gasteiger partial charge in [-0.2, -0.15) is 5.26 Å². The zero-order chi connectivity index (χ0) is 7.82. The van der Waals surface area contributed by atoms with Crippen molar-refractivity contribution >= 4 is 11.9 Å². The average molecular weight is 138 g/mol. The minimum atomic E-state index is -0.288. The molecule has 0 aliphatic heterocycles. The largest absolute Gasteiger partial charge is 0.411 e. The molecular formula is C4H2N4O2. The van der Waals surface area contributed by atoms with Gasteiger partial charge in [0.1, 0.15) is 12.3 Å². The summed E-state index contributed by atoms with van der Waals surface area (Å²) in [6, 6.07) is 1.50. The van der Waals surface area contributed by atoms with Gasteiger partial charge in [-0.15, -0.1) is 5.26 Å². The normalized spacial score (nSPS) is 10.4. The van der Waals surface area contributed by atoms with Crippen LogP contribution in [0.2, 0.25) is 0 Å². The van der Waals surface area contributed by atoms with Gasteiger partial charge in [-0.05, 0) is 0 Å². The molecule has 0 fully saturated rings. The molecule has 0 unspecified atom stereocenters. The Labute approximate surface area is 56.2 Å². The van der Waals surface area contributed by atoms with E-state index in [1.54, 1.807) is 0 Å². The summed E-state index contributed by atoms with van der Waals surface area (Å²) in [5, 5.41) is 29.2. The van der Waals surface area contributed by atoms with Gasteiger partial charge in [-0.3, -0.25) is 4.84 Å². The first-order chi connectivity index (χ1) is 4.85. The van der Waals surface area contributed by atoms with Crippen LogP contribution in [-0.2, 0) is 4.84 Å². The van der Waals surface area contributed by atoms with Crippen molar-refractivity contribution in [1.29, 1.82) is 10.5 Å². The van der Waals surface area contributed by atoms with Crippen LogP contribution in [0.15, 0.2) is 10.3 Å². The first kappa shape index (κ1) is 7.92. The van der Waals surface area contributed by atoms with Gasteiger partial charge in [0.15, 0.2) is 0 Å². The van der Waals surface area contributed by atoms with Gasteiger partial charge >= 0.3 is 6.26 Å². The Hall–Kier alpha value is -2.08. The fourth-order valence-electron chi connectivity index (χ4n) is 0.197. The van der Waals surface area contributed by atoms with E-state index in [9.17, 15) is 0 Å². The fraction of sp³-hybridized carbons (Fsp3) is 0. The van der Waals surface area contributed by atoms with Crippen molar-refractivity contribution in [3.63, 3.8) is 0 Å². The highest BCUT2D eigenvalue weighted by Gasteiger charge is 1.90. The Kier molecular flexibility index (Phi) is 4.01. The maximum absolute atomic E-state index is 8.11. The summed E-state index contributed by atoms with van der Waals surface area (Å²) in [5.74, 6) is 0. The lowest BCUT2D eigenvalue weighted by atomic mass is 10.5. The Morgan fingerprint density at radius 1 is 1.60 bits per heavy atom. The summed E-state index contributed by atoms with van der Waals surface area (Å²) < 4.78 is 0. The molecule has 0 saturated heterocycles. The third-order valence-electron chi connectivity index (χ3n) is 0.479. The van der Waals surface area contributed by atoms with E-state index < -0.39 is 0 Å². The smallest absolute Gasteiger partial charge is 0.316 e. The number of oxime groups is 2. The van der Waals surface area contributed by atoms with Crippen molar-refractivity contribution in [1.82, 2.24) is 0 Å². The highest BCUT2D eigenvalue weighted by Crippen LogP contribution is 1.74. The molecule has 0 aliphatic rings. The molecule has 0 aromatic carbocycles. The molecule has 0 amide bonds. The molecule has 6 heteroatoms. The van der Waals surface area contributed by atoms with E-state index in [1.807, 2.05) is 0 Å². The SMILES string of the molecule is N#CON=C(C#N)C=NO. The molecule has 0 atom stereocenters. The van der Waals surface area contributed by atoms with Gasteiger partial charge in [0.25, 0.3) is 0 Å². The van der Waals surface area contributed by atoms with Crippen LogP contribution in [0.25, 0.3) is 0 Å². The van der Waals surface area contributed by atoms with Crippen molar-refractivity contribution in [3.05, 3.63) is 0 Å². The Morgan fingerprint density at radius 2 is 2.30 bits per heavy atom. The average Bonchev–Trinajstić information content (AvgIpc) is 1.98. The van der Waals surface area contributed by atoms with E-state index in [4.69, 9.17) is 15.7 Å². The van der Waals surface area contributed by atoms with Crippen LogP contribution < -0.4 is 0 Å². The topological polar surface area (TPSA) is 102 Å². The van der Waals surface area contributed by atoms with E-state index in [1.165, 1.54) is 12.3 Å². The zero-order valence-corrected chi connectivity index (χ0v) is 4.72. The summed E-state index contributed by atoms with van der Waals surface area (Å²) in [7, 11) is 0. The lowest BCUT2D eigenvalue weighted by Crippen LogP contribution is -1.95. The van der Waals surface area contributed by atoms with Gasteiger partial charge < -0.3 is 5.21 Å². The number of nitriles is 2. The van der Waals surface area contributed by atoms with Crippen LogP contribution in [0, 0.1) is 22.8 Å². The van der Waals surface area contributed by atoms with E-state index in [0.717, 1.165) is 6.21 Å². The standard InChI is InChI=1S/C4H2N4O2/c5-1-4(2-7-9)8-10-3-6/h2,9H. The summed E-state index contributed by atoms with van der Waals surface area (Å²) >= 11 is 0. The quantitative estimate of drug-likeness (QED) is 0.247. The van der Waals surface area contributed by atoms with Crippen LogP contribution in [0.3, 0.4) is 0 Å². The van der Waals surface area contributed by atoms with Crippen molar-refractivity contribution in [2.24, 2.45) is 10.3 Å². The van der Waals surface area contributed by atoms with Gasteiger partial charge in [0.05, 0.1) is 0 Å². The van der Waals surface area contributed by atoms with Crippen molar-refractivity contribution in [2.75, 3.05) is 0 Å². The lowest BCUT2D eigenvalue weighted by molar-refractivity contribution is 0.292. The number of nitrogens with zero attached hydrogens (tertiary/aromatic N) is 4. The highest BCUT2D eigenvalue weighted by molar-refractivity contribution is 6.37. The first-order valence-electron chi connectivity index (χ1n) is 2.05. The summed E-state index contributed by atoms with van der Waals surface area (Å²) in [5.41, 5.74) is -0.288. The summed E-state index contributed by atoms with van der Waals surface area (Å²) in [4.78, 5) is 3.81. The van der Waals surface area contributed by atoms with E-state index >= 15 is 0 Å². The maximum Gasteiger partial charge on any atom is 0.316 e. The Morgan fingerprint density at radius 3 is 2.70 bits per heavy atom. The van der Waals surface area contributed by atoms with Crippen molar-refractivity contribution < 1.29 is 10.0 Å². The molecule has 0 aromatic rings. The molecule has 0 radical (unpaired) electrons. The predicted octanol–water partition coefficient (Wildman–Crippen LogP) is -0.176. The second kappa shape index (κ2) is 5.06. The molecular weight excluding hydrogens is 136 g/mol. The number of hydrogen-bond donors (Lipinski definition) is 1. The van der Waals surface area contributed by atoms with Crippen LogP contribution in [0.1, 0.15) is 0 Å². The minimum absolute atomic E-state index is 0.288. The van der Waals surface area contributed by atoms with Crippen LogP contribution in [0.4, 0.5) is 0 Å².